The summed E-state index contributed by atoms with van der Waals surface area (Å²) in [5.74, 6) is -0.364. The fourth-order valence-corrected chi connectivity index (χ4v) is 5.31. The second-order valence-corrected chi connectivity index (χ2v) is 9.63. The smallest absolute Gasteiger partial charge is 0.322 e. The van der Waals surface area contributed by atoms with Crippen LogP contribution in [0.2, 0.25) is 0 Å². The van der Waals surface area contributed by atoms with E-state index in [0.717, 1.165) is 32.1 Å². The number of amides is 1. The minimum atomic E-state index is -3.60. The third-order valence-electron chi connectivity index (χ3n) is 5.66. The van der Waals surface area contributed by atoms with Crippen LogP contribution >= 0.6 is 0 Å². The van der Waals surface area contributed by atoms with Crippen molar-refractivity contribution in [3.8, 4) is 0 Å². The van der Waals surface area contributed by atoms with Gasteiger partial charge in [0.1, 0.15) is 0 Å². The van der Waals surface area contributed by atoms with Crippen molar-refractivity contribution in [2.75, 3.05) is 12.4 Å². The van der Waals surface area contributed by atoms with Crippen LogP contribution in [0, 0.1) is 0 Å². The highest BCUT2D eigenvalue weighted by molar-refractivity contribution is 7.89. The fourth-order valence-electron chi connectivity index (χ4n) is 3.90. The SMILES string of the molecule is CN(C1CCCCC1)S(=O)(=O)c1ccc(C(=O)Nc2ccc3[nH]c(=O)[nH]c3c2)cc1. The predicted molar refractivity (Wildman–Crippen MR) is 115 cm³/mol. The molecule has 3 N–H and O–H groups in total. The number of imidazole rings is 1. The van der Waals surface area contributed by atoms with Crippen molar-refractivity contribution < 1.29 is 13.2 Å². The molecule has 4 rings (SSSR count). The van der Waals surface area contributed by atoms with Gasteiger partial charge >= 0.3 is 5.69 Å². The molecule has 8 nitrogen and oxygen atoms in total. The molecule has 0 spiro atoms. The first-order chi connectivity index (χ1) is 14.3. The second-order valence-electron chi connectivity index (χ2n) is 7.63. The van der Waals surface area contributed by atoms with E-state index in [4.69, 9.17) is 0 Å². The van der Waals surface area contributed by atoms with Gasteiger partial charge in [-0.3, -0.25) is 4.79 Å². The average Bonchev–Trinajstić information content (AvgIpc) is 3.13. The summed E-state index contributed by atoms with van der Waals surface area (Å²) in [6, 6.07) is 11.0. The Morgan fingerprint density at radius 1 is 1.00 bits per heavy atom. The maximum Gasteiger partial charge on any atom is 0.323 e. The van der Waals surface area contributed by atoms with Gasteiger partial charge in [0.2, 0.25) is 10.0 Å². The molecule has 0 unspecified atom stereocenters. The number of benzene rings is 2. The number of hydrogen-bond donors (Lipinski definition) is 3. The molecule has 0 atom stereocenters. The molecular weight excluding hydrogens is 404 g/mol. The standard InChI is InChI=1S/C21H24N4O4S/c1-25(16-5-3-2-4-6-16)30(28,29)17-10-7-14(8-11-17)20(26)22-15-9-12-18-19(13-15)24-21(27)23-18/h7-13,16H,2-6H2,1H3,(H,22,26)(H2,23,24,27). The first-order valence-corrected chi connectivity index (χ1v) is 11.4. The highest BCUT2D eigenvalue weighted by Crippen LogP contribution is 2.26. The summed E-state index contributed by atoms with van der Waals surface area (Å²) in [5.41, 5.74) is 1.79. The van der Waals surface area contributed by atoms with Gasteiger partial charge in [0.25, 0.3) is 5.91 Å². The molecule has 1 amide bonds. The number of aromatic nitrogens is 2. The molecule has 0 saturated heterocycles. The van der Waals surface area contributed by atoms with E-state index < -0.39 is 10.0 Å². The average molecular weight is 429 g/mol. The van der Waals surface area contributed by atoms with Crippen molar-refractivity contribution in [1.29, 1.82) is 0 Å². The predicted octanol–water partition coefficient (Wildman–Crippen LogP) is 3.06. The lowest BCUT2D eigenvalue weighted by molar-refractivity contribution is 0.102. The monoisotopic (exact) mass is 428 g/mol. The van der Waals surface area contributed by atoms with E-state index in [2.05, 4.69) is 15.3 Å². The number of nitrogens with zero attached hydrogens (tertiary/aromatic N) is 1. The first-order valence-electron chi connectivity index (χ1n) is 9.96. The van der Waals surface area contributed by atoms with E-state index in [-0.39, 0.29) is 22.5 Å². The Labute approximate surface area is 174 Å². The van der Waals surface area contributed by atoms with Crippen LogP contribution in [0.25, 0.3) is 11.0 Å². The third kappa shape index (κ3) is 4.03. The van der Waals surface area contributed by atoms with E-state index in [9.17, 15) is 18.0 Å². The lowest BCUT2D eigenvalue weighted by Gasteiger charge is -2.30. The van der Waals surface area contributed by atoms with Crippen LogP contribution in [0.15, 0.2) is 52.2 Å². The van der Waals surface area contributed by atoms with Crippen LogP contribution in [0.3, 0.4) is 0 Å². The summed E-state index contributed by atoms with van der Waals surface area (Å²) in [4.78, 5) is 29.4. The third-order valence-corrected chi connectivity index (χ3v) is 7.58. The molecule has 0 bridgehead atoms. The number of carbonyl (C=O) groups is 1. The zero-order valence-corrected chi connectivity index (χ0v) is 17.5. The lowest BCUT2D eigenvalue weighted by atomic mass is 9.96. The van der Waals surface area contributed by atoms with Gasteiger partial charge in [-0.1, -0.05) is 19.3 Å². The summed E-state index contributed by atoms with van der Waals surface area (Å²) < 4.78 is 27.3. The largest absolute Gasteiger partial charge is 0.323 e. The van der Waals surface area contributed by atoms with Crippen molar-refractivity contribution in [2.45, 2.75) is 43.0 Å². The Balaban J connectivity index is 1.49. The number of fused-ring (bicyclic) bond motifs is 1. The zero-order chi connectivity index (χ0) is 21.3. The molecule has 0 radical (unpaired) electrons. The van der Waals surface area contributed by atoms with Crippen molar-refractivity contribution in [1.82, 2.24) is 14.3 Å². The first kappa shape index (κ1) is 20.4. The van der Waals surface area contributed by atoms with Crippen molar-refractivity contribution >= 4 is 32.7 Å². The Kier molecular flexibility index (Phi) is 5.48. The maximum absolute atomic E-state index is 12.9. The zero-order valence-electron chi connectivity index (χ0n) is 16.6. The number of rotatable bonds is 5. The highest BCUT2D eigenvalue weighted by atomic mass is 32.2. The van der Waals surface area contributed by atoms with E-state index in [1.165, 1.54) is 28.6 Å². The Morgan fingerprint density at radius 3 is 2.37 bits per heavy atom. The molecule has 2 aromatic carbocycles. The molecule has 3 aromatic rings. The van der Waals surface area contributed by atoms with Crippen LogP contribution in [0.1, 0.15) is 42.5 Å². The minimum Gasteiger partial charge on any atom is -0.322 e. The summed E-state index contributed by atoms with van der Waals surface area (Å²) in [7, 11) is -1.97. The quantitative estimate of drug-likeness (QED) is 0.579. The van der Waals surface area contributed by atoms with Crippen LogP contribution in [0.4, 0.5) is 5.69 Å². The van der Waals surface area contributed by atoms with Crippen molar-refractivity contribution in [2.24, 2.45) is 0 Å². The molecule has 1 aliphatic carbocycles. The van der Waals surface area contributed by atoms with Gasteiger partial charge in [-0.2, -0.15) is 4.31 Å². The van der Waals surface area contributed by atoms with Crippen LogP contribution in [-0.4, -0.2) is 41.7 Å². The molecular formula is C21H24N4O4S. The lowest BCUT2D eigenvalue weighted by Crippen LogP contribution is -2.38. The Morgan fingerprint density at radius 2 is 1.67 bits per heavy atom. The molecule has 1 saturated carbocycles. The summed E-state index contributed by atoms with van der Waals surface area (Å²) >= 11 is 0. The minimum absolute atomic E-state index is 0.0292. The highest BCUT2D eigenvalue weighted by Gasteiger charge is 2.29. The number of carbonyl (C=O) groups excluding carboxylic acids is 1. The van der Waals surface area contributed by atoms with Gasteiger partial charge in [-0.15, -0.1) is 0 Å². The summed E-state index contributed by atoms with van der Waals surface area (Å²) in [6.07, 6.45) is 5.01. The van der Waals surface area contributed by atoms with Crippen LogP contribution < -0.4 is 11.0 Å². The van der Waals surface area contributed by atoms with E-state index in [1.807, 2.05) is 0 Å². The Hall–Kier alpha value is -2.91. The molecule has 158 valence electrons. The molecule has 9 heteroatoms. The summed E-state index contributed by atoms with van der Waals surface area (Å²) in [6.45, 7) is 0. The maximum atomic E-state index is 12.9. The van der Waals surface area contributed by atoms with E-state index in [0.29, 0.717) is 22.3 Å². The van der Waals surface area contributed by atoms with Crippen LogP contribution in [-0.2, 0) is 10.0 Å². The van der Waals surface area contributed by atoms with Gasteiger partial charge < -0.3 is 15.3 Å². The molecule has 1 aliphatic rings. The van der Waals surface area contributed by atoms with E-state index in [1.54, 1.807) is 25.2 Å². The molecule has 1 fully saturated rings. The topological polar surface area (TPSA) is 115 Å². The Bertz CT molecular complexity index is 1220. The number of sulfonamides is 1. The number of hydrogen-bond acceptors (Lipinski definition) is 4. The van der Waals surface area contributed by atoms with Crippen molar-refractivity contribution in [3.05, 3.63) is 58.5 Å². The van der Waals surface area contributed by atoms with E-state index >= 15 is 0 Å². The molecule has 0 aliphatic heterocycles. The number of aromatic amines is 2. The second kappa shape index (κ2) is 8.08. The number of H-pyrrole nitrogens is 2. The number of anilines is 1. The van der Waals surface area contributed by atoms with Gasteiger partial charge in [0.15, 0.2) is 0 Å². The normalized spacial score (nSPS) is 15.5. The molecule has 1 aromatic heterocycles. The van der Waals surface area contributed by atoms with Crippen molar-refractivity contribution in [3.63, 3.8) is 0 Å². The van der Waals surface area contributed by atoms with Crippen LogP contribution in [0.5, 0.6) is 0 Å². The van der Waals surface area contributed by atoms with Gasteiger partial charge in [0, 0.05) is 24.3 Å². The van der Waals surface area contributed by atoms with Gasteiger partial charge in [-0.25, -0.2) is 13.2 Å². The molecule has 30 heavy (non-hydrogen) atoms. The summed E-state index contributed by atoms with van der Waals surface area (Å²) in [5, 5.41) is 2.76. The number of nitrogens with one attached hydrogen (secondary N) is 3. The van der Waals surface area contributed by atoms with Gasteiger partial charge in [0.05, 0.1) is 15.9 Å². The fraction of sp³-hybridized carbons (Fsp3) is 0.333. The van der Waals surface area contributed by atoms with Gasteiger partial charge in [-0.05, 0) is 55.3 Å². The molecule has 1 heterocycles.